The Morgan fingerprint density at radius 3 is 2.48 bits per heavy atom. The van der Waals surface area contributed by atoms with Crippen LogP contribution in [-0.2, 0) is 6.54 Å². The number of hydrogen-bond acceptors (Lipinski definition) is 3. The molecule has 2 aromatic rings. The summed E-state index contributed by atoms with van der Waals surface area (Å²) in [5.41, 5.74) is 1.78. The highest BCUT2D eigenvalue weighted by Gasteiger charge is 2.09. The summed E-state index contributed by atoms with van der Waals surface area (Å²) in [5, 5.41) is 2.85. The fraction of sp³-hybridized carbons (Fsp3) is 0.250. The number of benzene rings is 1. The smallest absolute Gasteiger partial charge is 0.321 e. The van der Waals surface area contributed by atoms with Crippen molar-refractivity contribution >= 4 is 11.7 Å². The molecule has 0 atom stereocenters. The summed E-state index contributed by atoms with van der Waals surface area (Å²) >= 11 is 0. The normalized spacial score (nSPS) is 10.0. The first-order chi connectivity index (χ1) is 10.2. The van der Waals surface area contributed by atoms with E-state index in [1.54, 1.807) is 24.3 Å². The third kappa shape index (κ3) is 4.49. The van der Waals surface area contributed by atoms with E-state index in [4.69, 9.17) is 4.74 Å². The van der Waals surface area contributed by atoms with Gasteiger partial charge in [0, 0.05) is 31.7 Å². The third-order valence-corrected chi connectivity index (χ3v) is 2.93. The number of nitrogens with one attached hydrogen (secondary N) is 1. The molecule has 0 bridgehead atoms. The number of ether oxygens (including phenoxy) is 1. The van der Waals surface area contributed by atoms with E-state index in [2.05, 4.69) is 10.3 Å². The summed E-state index contributed by atoms with van der Waals surface area (Å²) in [7, 11) is 1.75. The van der Waals surface area contributed by atoms with Gasteiger partial charge in [0.1, 0.15) is 5.75 Å². The first kappa shape index (κ1) is 14.8. The van der Waals surface area contributed by atoms with Gasteiger partial charge in [0.2, 0.25) is 0 Å². The van der Waals surface area contributed by atoms with Crippen LogP contribution >= 0.6 is 0 Å². The number of carbonyl (C=O) groups is 1. The molecule has 0 saturated heterocycles. The maximum atomic E-state index is 12.1. The molecule has 5 nitrogen and oxygen atoms in total. The van der Waals surface area contributed by atoms with E-state index >= 15 is 0 Å². The van der Waals surface area contributed by atoms with Gasteiger partial charge in [-0.2, -0.15) is 0 Å². The van der Waals surface area contributed by atoms with Gasteiger partial charge in [-0.25, -0.2) is 4.79 Å². The van der Waals surface area contributed by atoms with Crippen LogP contribution in [0.1, 0.15) is 12.5 Å². The average Bonchev–Trinajstić information content (AvgIpc) is 2.50. The molecule has 1 heterocycles. The van der Waals surface area contributed by atoms with Gasteiger partial charge in [-0.05, 0) is 48.9 Å². The van der Waals surface area contributed by atoms with Crippen LogP contribution in [0.25, 0.3) is 0 Å². The Kier molecular flexibility index (Phi) is 5.15. The Morgan fingerprint density at radius 1 is 1.19 bits per heavy atom. The molecule has 0 radical (unpaired) electrons. The highest BCUT2D eigenvalue weighted by Crippen LogP contribution is 2.16. The maximum absolute atomic E-state index is 12.1. The average molecular weight is 285 g/mol. The summed E-state index contributed by atoms with van der Waals surface area (Å²) in [4.78, 5) is 17.7. The largest absolute Gasteiger partial charge is 0.494 e. The fourth-order valence-corrected chi connectivity index (χ4v) is 1.85. The maximum Gasteiger partial charge on any atom is 0.321 e. The standard InChI is InChI=1S/C16H19N3O2/c1-3-21-15-6-4-14(5-7-15)18-16(20)19(2)12-13-8-10-17-11-9-13/h4-11H,3,12H2,1-2H3,(H,18,20). The minimum Gasteiger partial charge on any atom is -0.494 e. The van der Waals surface area contributed by atoms with Crippen molar-refractivity contribution in [3.63, 3.8) is 0 Å². The van der Waals surface area contributed by atoms with Gasteiger partial charge in [0.05, 0.1) is 6.61 Å². The monoisotopic (exact) mass is 285 g/mol. The lowest BCUT2D eigenvalue weighted by molar-refractivity contribution is 0.220. The van der Waals surface area contributed by atoms with E-state index in [1.807, 2.05) is 43.3 Å². The number of amides is 2. The van der Waals surface area contributed by atoms with Crippen molar-refractivity contribution in [2.24, 2.45) is 0 Å². The van der Waals surface area contributed by atoms with Crippen molar-refractivity contribution in [2.75, 3.05) is 19.0 Å². The van der Waals surface area contributed by atoms with Crippen LogP contribution in [0.3, 0.4) is 0 Å². The van der Waals surface area contributed by atoms with E-state index in [0.29, 0.717) is 13.2 Å². The summed E-state index contributed by atoms with van der Waals surface area (Å²) < 4.78 is 5.36. The molecule has 0 aliphatic rings. The van der Waals surface area contributed by atoms with Crippen molar-refractivity contribution < 1.29 is 9.53 Å². The minimum absolute atomic E-state index is 0.157. The Labute approximate surface area is 124 Å². The molecular weight excluding hydrogens is 266 g/mol. The molecular formula is C16H19N3O2. The molecule has 0 unspecified atom stereocenters. The number of urea groups is 1. The molecule has 0 fully saturated rings. The number of rotatable bonds is 5. The zero-order valence-electron chi connectivity index (χ0n) is 12.2. The Hall–Kier alpha value is -2.56. The lowest BCUT2D eigenvalue weighted by Gasteiger charge is -2.18. The fourth-order valence-electron chi connectivity index (χ4n) is 1.85. The Balaban J connectivity index is 1.91. The van der Waals surface area contributed by atoms with E-state index in [-0.39, 0.29) is 6.03 Å². The summed E-state index contributed by atoms with van der Waals surface area (Å²) in [6.45, 7) is 3.09. The van der Waals surface area contributed by atoms with E-state index < -0.39 is 0 Å². The Morgan fingerprint density at radius 2 is 1.86 bits per heavy atom. The van der Waals surface area contributed by atoms with Crippen LogP contribution in [0.5, 0.6) is 5.75 Å². The molecule has 0 spiro atoms. The highest BCUT2D eigenvalue weighted by atomic mass is 16.5. The quantitative estimate of drug-likeness (QED) is 0.918. The van der Waals surface area contributed by atoms with Crippen LogP contribution in [0.4, 0.5) is 10.5 Å². The van der Waals surface area contributed by atoms with E-state index in [0.717, 1.165) is 17.0 Å². The molecule has 0 saturated carbocycles. The topological polar surface area (TPSA) is 54.5 Å². The second kappa shape index (κ2) is 7.28. The first-order valence-electron chi connectivity index (χ1n) is 6.83. The number of carbonyl (C=O) groups excluding carboxylic acids is 1. The van der Waals surface area contributed by atoms with Gasteiger partial charge < -0.3 is 15.0 Å². The molecule has 0 aliphatic heterocycles. The van der Waals surface area contributed by atoms with Gasteiger partial charge in [0.25, 0.3) is 0 Å². The van der Waals surface area contributed by atoms with Crippen molar-refractivity contribution in [1.82, 2.24) is 9.88 Å². The number of hydrogen-bond donors (Lipinski definition) is 1. The number of pyridine rings is 1. The molecule has 1 aromatic heterocycles. The van der Waals surface area contributed by atoms with Gasteiger partial charge in [-0.3, -0.25) is 4.98 Å². The van der Waals surface area contributed by atoms with Crippen molar-refractivity contribution in [1.29, 1.82) is 0 Å². The van der Waals surface area contributed by atoms with Gasteiger partial charge in [-0.1, -0.05) is 0 Å². The molecule has 2 rings (SSSR count). The van der Waals surface area contributed by atoms with Crippen LogP contribution in [0.15, 0.2) is 48.8 Å². The summed E-state index contributed by atoms with van der Waals surface area (Å²) in [6, 6.07) is 10.9. The minimum atomic E-state index is -0.157. The number of aromatic nitrogens is 1. The third-order valence-electron chi connectivity index (χ3n) is 2.93. The zero-order valence-corrected chi connectivity index (χ0v) is 12.2. The van der Waals surface area contributed by atoms with Crippen LogP contribution in [0, 0.1) is 0 Å². The Bertz CT molecular complexity index is 570. The predicted octanol–water partition coefficient (Wildman–Crippen LogP) is 3.14. The molecule has 1 N–H and O–H groups in total. The number of nitrogens with zero attached hydrogens (tertiary/aromatic N) is 2. The molecule has 0 aliphatic carbocycles. The SMILES string of the molecule is CCOc1ccc(NC(=O)N(C)Cc2ccncc2)cc1. The van der Waals surface area contributed by atoms with Gasteiger partial charge >= 0.3 is 6.03 Å². The zero-order chi connectivity index (χ0) is 15.1. The highest BCUT2D eigenvalue weighted by molar-refractivity contribution is 5.89. The lowest BCUT2D eigenvalue weighted by atomic mass is 10.2. The summed E-state index contributed by atoms with van der Waals surface area (Å²) in [5.74, 6) is 0.792. The predicted molar refractivity (Wildman–Crippen MR) is 82.3 cm³/mol. The second-order valence-electron chi connectivity index (χ2n) is 4.60. The van der Waals surface area contributed by atoms with Gasteiger partial charge in [0.15, 0.2) is 0 Å². The van der Waals surface area contributed by atoms with Gasteiger partial charge in [-0.15, -0.1) is 0 Å². The molecule has 1 aromatic carbocycles. The summed E-state index contributed by atoms with van der Waals surface area (Å²) in [6.07, 6.45) is 3.43. The molecule has 5 heteroatoms. The number of anilines is 1. The molecule has 2 amide bonds. The van der Waals surface area contributed by atoms with Crippen LogP contribution < -0.4 is 10.1 Å². The van der Waals surface area contributed by atoms with E-state index in [9.17, 15) is 4.79 Å². The first-order valence-corrected chi connectivity index (χ1v) is 6.83. The van der Waals surface area contributed by atoms with Crippen LogP contribution in [0.2, 0.25) is 0 Å². The lowest BCUT2D eigenvalue weighted by Crippen LogP contribution is -2.30. The molecule has 21 heavy (non-hydrogen) atoms. The van der Waals surface area contributed by atoms with Crippen molar-refractivity contribution in [3.05, 3.63) is 54.4 Å². The van der Waals surface area contributed by atoms with Crippen LogP contribution in [-0.4, -0.2) is 29.6 Å². The second-order valence-corrected chi connectivity index (χ2v) is 4.60. The van der Waals surface area contributed by atoms with Crippen molar-refractivity contribution in [2.45, 2.75) is 13.5 Å². The van der Waals surface area contributed by atoms with E-state index in [1.165, 1.54) is 0 Å². The van der Waals surface area contributed by atoms with Crippen molar-refractivity contribution in [3.8, 4) is 5.75 Å². The molecule has 110 valence electrons.